The van der Waals surface area contributed by atoms with E-state index < -0.39 is 0 Å². The number of para-hydroxylation sites is 1. The Bertz CT molecular complexity index is 721. The first kappa shape index (κ1) is 18.8. The fourth-order valence-electron chi connectivity index (χ4n) is 3.01. The van der Waals surface area contributed by atoms with Crippen LogP contribution in [0.25, 0.3) is 0 Å². The van der Waals surface area contributed by atoms with Crippen molar-refractivity contribution < 1.29 is 4.74 Å². The van der Waals surface area contributed by atoms with E-state index in [2.05, 4.69) is 34.6 Å². The molecule has 6 nitrogen and oxygen atoms in total. The highest BCUT2D eigenvalue weighted by Gasteiger charge is 2.14. The van der Waals surface area contributed by atoms with E-state index in [0.29, 0.717) is 13.1 Å². The first-order chi connectivity index (χ1) is 12.1. The van der Waals surface area contributed by atoms with Crippen LogP contribution >= 0.6 is 0 Å². The monoisotopic (exact) mass is 343 g/mol. The van der Waals surface area contributed by atoms with Gasteiger partial charge in [0.15, 0.2) is 5.96 Å². The molecule has 0 aliphatic heterocycles. The second kappa shape index (κ2) is 9.11. The third-order valence-corrected chi connectivity index (χ3v) is 4.32. The first-order valence-corrected chi connectivity index (χ1v) is 8.74. The van der Waals surface area contributed by atoms with Crippen molar-refractivity contribution in [3.05, 3.63) is 46.8 Å². The molecule has 0 bridgehead atoms. The number of rotatable bonds is 7. The molecule has 0 aliphatic rings. The molecule has 6 heteroatoms. The van der Waals surface area contributed by atoms with Gasteiger partial charge in [0.2, 0.25) is 0 Å². The molecule has 1 aromatic heterocycles. The minimum atomic E-state index is 0.651. The summed E-state index contributed by atoms with van der Waals surface area (Å²) in [4.78, 5) is 4.32. The highest BCUT2D eigenvalue weighted by atomic mass is 16.5. The molecule has 1 heterocycles. The maximum absolute atomic E-state index is 5.39. The van der Waals surface area contributed by atoms with E-state index in [1.807, 2.05) is 36.0 Å². The maximum atomic E-state index is 5.39. The highest BCUT2D eigenvalue weighted by molar-refractivity contribution is 5.79. The zero-order valence-electron chi connectivity index (χ0n) is 15.9. The van der Waals surface area contributed by atoms with E-state index in [1.54, 1.807) is 14.2 Å². The minimum absolute atomic E-state index is 0.651. The minimum Gasteiger partial charge on any atom is -0.496 e. The molecule has 0 saturated heterocycles. The van der Waals surface area contributed by atoms with Crippen molar-refractivity contribution in [1.29, 1.82) is 0 Å². The molecule has 0 saturated carbocycles. The lowest BCUT2D eigenvalue weighted by molar-refractivity contribution is 0.409. The normalized spacial score (nSPS) is 11.5. The summed E-state index contributed by atoms with van der Waals surface area (Å²) >= 11 is 0. The quantitative estimate of drug-likeness (QED) is 0.599. The zero-order valence-corrected chi connectivity index (χ0v) is 15.9. The average molecular weight is 343 g/mol. The van der Waals surface area contributed by atoms with Crippen LogP contribution in [-0.4, -0.2) is 29.9 Å². The average Bonchev–Trinajstić information content (AvgIpc) is 2.96. The van der Waals surface area contributed by atoms with E-state index >= 15 is 0 Å². The third-order valence-electron chi connectivity index (χ3n) is 4.32. The zero-order chi connectivity index (χ0) is 18.2. The number of guanidine groups is 1. The van der Waals surface area contributed by atoms with Crippen LogP contribution in [0.3, 0.4) is 0 Å². The summed E-state index contributed by atoms with van der Waals surface area (Å²) in [7, 11) is 5.48. The lowest BCUT2D eigenvalue weighted by Gasteiger charge is -2.14. The second-order valence-electron chi connectivity index (χ2n) is 5.79. The van der Waals surface area contributed by atoms with E-state index in [1.165, 1.54) is 11.3 Å². The van der Waals surface area contributed by atoms with Gasteiger partial charge in [-0.3, -0.25) is 9.67 Å². The van der Waals surface area contributed by atoms with Gasteiger partial charge >= 0.3 is 0 Å². The molecule has 0 aliphatic carbocycles. The molecule has 0 fully saturated rings. The number of benzene rings is 1. The van der Waals surface area contributed by atoms with Gasteiger partial charge in [0.05, 0.1) is 12.8 Å². The van der Waals surface area contributed by atoms with Crippen molar-refractivity contribution in [2.24, 2.45) is 12.0 Å². The van der Waals surface area contributed by atoms with Gasteiger partial charge in [0.25, 0.3) is 0 Å². The summed E-state index contributed by atoms with van der Waals surface area (Å²) < 4.78 is 7.38. The van der Waals surface area contributed by atoms with Gasteiger partial charge in [-0.25, -0.2) is 0 Å². The van der Waals surface area contributed by atoms with E-state index in [9.17, 15) is 0 Å². The van der Waals surface area contributed by atoms with Crippen LogP contribution in [0.15, 0.2) is 29.3 Å². The number of methoxy groups -OCH3 is 1. The molecule has 0 radical (unpaired) electrons. The molecule has 0 atom stereocenters. The molecule has 0 spiro atoms. The second-order valence-corrected chi connectivity index (χ2v) is 5.79. The summed E-state index contributed by atoms with van der Waals surface area (Å²) in [6.07, 6.45) is 1.89. The van der Waals surface area contributed by atoms with Crippen molar-refractivity contribution in [2.75, 3.05) is 14.2 Å². The van der Waals surface area contributed by atoms with Gasteiger partial charge in [0, 0.05) is 44.0 Å². The van der Waals surface area contributed by atoms with Crippen LogP contribution in [0.5, 0.6) is 5.75 Å². The summed E-state index contributed by atoms with van der Waals surface area (Å²) in [5, 5.41) is 11.4. The van der Waals surface area contributed by atoms with Crippen LogP contribution in [0, 0.1) is 0 Å². The Morgan fingerprint density at radius 2 is 1.88 bits per heavy atom. The van der Waals surface area contributed by atoms with Crippen molar-refractivity contribution >= 4 is 5.96 Å². The number of hydrogen-bond donors (Lipinski definition) is 2. The van der Waals surface area contributed by atoms with Crippen LogP contribution in [0.4, 0.5) is 0 Å². The molecule has 2 N–H and O–H groups in total. The smallest absolute Gasteiger partial charge is 0.191 e. The SMILES string of the molecule is CCc1nn(C)c(CC)c1CNC(=NC)NCc1ccccc1OC. The van der Waals surface area contributed by atoms with Crippen molar-refractivity contribution in [3.63, 3.8) is 0 Å². The number of aryl methyl sites for hydroxylation is 2. The van der Waals surface area contributed by atoms with E-state index in [-0.39, 0.29) is 0 Å². The number of ether oxygens (including phenoxy) is 1. The lowest BCUT2D eigenvalue weighted by Crippen LogP contribution is -2.36. The number of nitrogens with one attached hydrogen (secondary N) is 2. The Morgan fingerprint density at radius 3 is 2.52 bits per heavy atom. The number of nitrogens with zero attached hydrogens (tertiary/aromatic N) is 3. The molecular formula is C19H29N5O. The molecular weight excluding hydrogens is 314 g/mol. The van der Waals surface area contributed by atoms with Gasteiger partial charge in [-0.15, -0.1) is 0 Å². The topological polar surface area (TPSA) is 63.5 Å². The van der Waals surface area contributed by atoms with Crippen molar-refractivity contribution in [2.45, 2.75) is 39.8 Å². The number of aromatic nitrogens is 2. The summed E-state index contributed by atoms with van der Waals surface area (Å²) in [5.74, 6) is 1.64. The van der Waals surface area contributed by atoms with Gasteiger partial charge in [-0.1, -0.05) is 32.0 Å². The number of aliphatic imine (C=N–C) groups is 1. The predicted octanol–water partition coefficient (Wildman–Crippen LogP) is 2.42. The standard InChI is InChI=1S/C19H29N5O/c1-6-16-15(17(7-2)24(4)23-16)13-22-19(20-3)21-12-14-10-8-9-11-18(14)25-5/h8-11H,6-7,12-13H2,1-5H3,(H2,20,21,22). The molecule has 1 aromatic carbocycles. The lowest BCUT2D eigenvalue weighted by atomic mass is 10.1. The molecule has 0 amide bonds. The Balaban J connectivity index is 2.02. The Hall–Kier alpha value is -2.50. The van der Waals surface area contributed by atoms with Gasteiger partial charge in [-0.05, 0) is 18.9 Å². The molecule has 136 valence electrons. The summed E-state index contributed by atoms with van der Waals surface area (Å²) in [6, 6.07) is 7.98. The van der Waals surface area contributed by atoms with Crippen LogP contribution < -0.4 is 15.4 Å². The largest absolute Gasteiger partial charge is 0.496 e. The highest BCUT2D eigenvalue weighted by Crippen LogP contribution is 2.17. The molecule has 2 rings (SSSR count). The summed E-state index contributed by atoms with van der Waals surface area (Å²) in [5.41, 5.74) is 4.78. The Morgan fingerprint density at radius 1 is 1.16 bits per heavy atom. The Kier molecular flexibility index (Phi) is 6.86. The van der Waals surface area contributed by atoms with E-state index in [4.69, 9.17) is 4.74 Å². The van der Waals surface area contributed by atoms with Crippen LogP contribution in [0.2, 0.25) is 0 Å². The van der Waals surface area contributed by atoms with Crippen molar-refractivity contribution in [1.82, 2.24) is 20.4 Å². The fourth-order valence-corrected chi connectivity index (χ4v) is 3.01. The van der Waals surface area contributed by atoms with Crippen LogP contribution in [-0.2, 0) is 33.0 Å². The molecule has 25 heavy (non-hydrogen) atoms. The van der Waals surface area contributed by atoms with Gasteiger partial charge in [0.1, 0.15) is 5.75 Å². The van der Waals surface area contributed by atoms with E-state index in [0.717, 1.165) is 35.8 Å². The molecule has 2 aromatic rings. The van der Waals surface area contributed by atoms with Gasteiger partial charge in [-0.2, -0.15) is 5.10 Å². The third kappa shape index (κ3) is 4.53. The maximum Gasteiger partial charge on any atom is 0.191 e. The van der Waals surface area contributed by atoms with Crippen molar-refractivity contribution in [3.8, 4) is 5.75 Å². The first-order valence-electron chi connectivity index (χ1n) is 8.74. The predicted molar refractivity (Wildman–Crippen MR) is 102 cm³/mol. The Labute approximate surface area is 150 Å². The summed E-state index contributed by atoms with van der Waals surface area (Å²) in [6.45, 7) is 5.67. The molecule has 0 unspecified atom stereocenters. The fraction of sp³-hybridized carbons (Fsp3) is 0.474. The van der Waals surface area contributed by atoms with Gasteiger partial charge < -0.3 is 15.4 Å². The van der Waals surface area contributed by atoms with Crippen LogP contribution in [0.1, 0.15) is 36.4 Å². The number of hydrogen-bond acceptors (Lipinski definition) is 3.